The molecule has 19 heavy (non-hydrogen) atoms. The van der Waals surface area contributed by atoms with E-state index in [1.165, 1.54) is 17.4 Å². The van der Waals surface area contributed by atoms with Gasteiger partial charge >= 0.3 is 0 Å². The van der Waals surface area contributed by atoms with Crippen LogP contribution in [0.15, 0.2) is 14.7 Å². The Hall–Kier alpha value is -0.0000000000000000833. The third kappa shape index (κ3) is 5.12. The van der Waals surface area contributed by atoms with Gasteiger partial charge in [0.1, 0.15) is 0 Å². The van der Waals surface area contributed by atoms with E-state index >= 15 is 0 Å². The Balaban J connectivity index is 2.70. The van der Waals surface area contributed by atoms with E-state index < -0.39 is 20.0 Å². The molecule has 0 fully saturated rings. The van der Waals surface area contributed by atoms with Crippen molar-refractivity contribution in [3.63, 3.8) is 0 Å². The number of hydrogen-bond donors (Lipinski definition) is 2. The normalized spacial score (nSPS) is 12.8. The largest absolute Gasteiger partial charge is 0.241 e. The molecule has 110 valence electrons. The summed E-state index contributed by atoms with van der Waals surface area (Å²) in [6.07, 6.45) is 0. The number of hydrogen-bond acceptors (Lipinski definition) is 5. The van der Waals surface area contributed by atoms with Crippen molar-refractivity contribution in [2.75, 3.05) is 18.8 Å². The van der Waals surface area contributed by atoms with Crippen LogP contribution in [0.2, 0.25) is 0 Å². The first kappa shape index (κ1) is 17.1. The lowest BCUT2D eigenvalue weighted by Gasteiger charge is -2.07. The van der Waals surface area contributed by atoms with Gasteiger partial charge in [-0.25, -0.2) is 26.3 Å². The van der Waals surface area contributed by atoms with Crippen LogP contribution in [0.1, 0.15) is 11.8 Å². The lowest BCUT2D eigenvalue weighted by atomic mass is 10.5. The number of rotatable bonds is 7. The van der Waals surface area contributed by atoms with Crippen molar-refractivity contribution in [3.8, 4) is 0 Å². The van der Waals surface area contributed by atoms with Crippen LogP contribution in [-0.2, 0) is 20.0 Å². The molecule has 0 radical (unpaired) electrons. The summed E-state index contributed by atoms with van der Waals surface area (Å²) in [4.78, 5) is 0.819. The molecule has 0 atom stereocenters. The fourth-order valence-corrected chi connectivity index (χ4v) is 5.91. The highest BCUT2D eigenvalue weighted by atomic mass is 79.9. The minimum Gasteiger partial charge on any atom is -0.215 e. The Morgan fingerprint density at radius 2 is 1.89 bits per heavy atom. The number of sulfonamides is 2. The molecule has 0 saturated carbocycles. The maximum Gasteiger partial charge on any atom is 0.241 e. The van der Waals surface area contributed by atoms with Gasteiger partial charge in [-0.15, -0.1) is 11.3 Å². The second-order valence-corrected chi connectivity index (χ2v) is 9.98. The van der Waals surface area contributed by atoms with Crippen LogP contribution >= 0.6 is 27.3 Å². The molecule has 0 spiro atoms. The molecule has 0 saturated heterocycles. The van der Waals surface area contributed by atoms with Gasteiger partial charge in [0.05, 0.1) is 14.4 Å². The molecule has 1 aromatic heterocycles. The summed E-state index contributed by atoms with van der Waals surface area (Å²) < 4.78 is 52.0. The second kappa shape index (κ2) is 6.64. The molecule has 1 rings (SSSR count). The topological polar surface area (TPSA) is 92.3 Å². The molecule has 0 unspecified atom stereocenters. The predicted octanol–water partition coefficient (Wildman–Crippen LogP) is 1.04. The standard InChI is InChI=1S/C9H15BrN2O4S3/c1-3-11-18(13,14)5-4-12-19(15,16)8-6-9(10)17-7(8)2/h6,11-12H,3-5H2,1-2H3. The molecule has 0 amide bonds. The monoisotopic (exact) mass is 390 g/mol. The van der Waals surface area contributed by atoms with Crippen LogP contribution in [0.4, 0.5) is 0 Å². The zero-order valence-electron chi connectivity index (χ0n) is 10.4. The summed E-state index contributed by atoms with van der Waals surface area (Å²) in [7, 11) is -7.09. The van der Waals surface area contributed by atoms with Gasteiger partial charge in [-0.2, -0.15) is 0 Å². The van der Waals surface area contributed by atoms with Crippen molar-refractivity contribution in [1.29, 1.82) is 0 Å². The first-order valence-corrected chi connectivity index (χ1v) is 10.2. The third-order valence-electron chi connectivity index (χ3n) is 2.16. The van der Waals surface area contributed by atoms with E-state index in [1.54, 1.807) is 13.8 Å². The van der Waals surface area contributed by atoms with Crippen LogP contribution < -0.4 is 9.44 Å². The van der Waals surface area contributed by atoms with Crippen molar-refractivity contribution >= 4 is 47.3 Å². The van der Waals surface area contributed by atoms with Crippen LogP contribution in [0, 0.1) is 6.92 Å². The van der Waals surface area contributed by atoms with E-state index in [4.69, 9.17) is 0 Å². The summed E-state index contributed by atoms with van der Waals surface area (Å²) in [5.41, 5.74) is 0. The molecule has 0 aliphatic heterocycles. The van der Waals surface area contributed by atoms with E-state index in [9.17, 15) is 16.8 Å². The minimum atomic E-state index is -3.67. The minimum absolute atomic E-state index is 0.162. The van der Waals surface area contributed by atoms with Gasteiger partial charge in [0.15, 0.2) is 0 Å². The fourth-order valence-electron chi connectivity index (χ4n) is 1.38. The Kier molecular flexibility index (Phi) is 5.96. The Morgan fingerprint density at radius 3 is 2.37 bits per heavy atom. The lowest BCUT2D eigenvalue weighted by Crippen LogP contribution is -2.34. The fraction of sp³-hybridized carbons (Fsp3) is 0.556. The molecule has 0 aliphatic rings. The molecule has 0 aliphatic carbocycles. The maximum absolute atomic E-state index is 12.0. The molecule has 1 heterocycles. The highest BCUT2D eigenvalue weighted by molar-refractivity contribution is 9.11. The smallest absolute Gasteiger partial charge is 0.215 e. The predicted molar refractivity (Wildman–Crippen MR) is 79.4 cm³/mol. The first-order chi connectivity index (χ1) is 8.68. The number of thiophene rings is 1. The first-order valence-electron chi connectivity index (χ1n) is 5.41. The maximum atomic E-state index is 12.0. The van der Waals surface area contributed by atoms with Crippen LogP contribution in [0.3, 0.4) is 0 Å². The SMILES string of the molecule is CCNS(=O)(=O)CCNS(=O)(=O)c1cc(Br)sc1C. The average molecular weight is 391 g/mol. The van der Waals surface area contributed by atoms with Crippen LogP contribution in [-0.4, -0.2) is 35.7 Å². The van der Waals surface area contributed by atoms with Crippen molar-refractivity contribution in [1.82, 2.24) is 9.44 Å². The molecule has 0 aromatic carbocycles. The van der Waals surface area contributed by atoms with Crippen molar-refractivity contribution in [2.24, 2.45) is 0 Å². The van der Waals surface area contributed by atoms with Gasteiger partial charge in [-0.1, -0.05) is 6.92 Å². The zero-order valence-corrected chi connectivity index (χ0v) is 14.5. The van der Waals surface area contributed by atoms with Gasteiger partial charge in [0.2, 0.25) is 20.0 Å². The van der Waals surface area contributed by atoms with Crippen molar-refractivity contribution in [2.45, 2.75) is 18.7 Å². The average Bonchev–Trinajstić information content (AvgIpc) is 2.57. The summed E-state index contributed by atoms with van der Waals surface area (Å²) in [6, 6.07) is 1.50. The molecular formula is C9H15BrN2O4S3. The third-order valence-corrected chi connectivity index (χ3v) is 6.90. The van der Waals surface area contributed by atoms with Crippen LogP contribution in [0.5, 0.6) is 0 Å². The molecule has 1 aromatic rings. The van der Waals surface area contributed by atoms with Crippen molar-refractivity contribution in [3.05, 3.63) is 14.7 Å². The molecule has 0 bridgehead atoms. The highest BCUT2D eigenvalue weighted by Crippen LogP contribution is 2.29. The summed E-state index contributed by atoms with van der Waals surface area (Å²) in [5.74, 6) is -0.287. The molecular weight excluding hydrogens is 376 g/mol. The Labute approximate surface area is 125 Å². The quantitative estimate of drug-likeness (QED) is 0.727. The molecule has 10 heteroatoms. The van der Waals surface area contributed by atoms with E-state index in [2.05, 4.69) is 25.4 Å². The van der Waals surface area contributed by atoms with Gasteiger partial charge in [0.25, 0.3) is 0 Å². The van der Waals surface area contributed by atoms with Crippen LogP contribution in [0.25, 0.3) is 0 Å². The Bertz CT molecular complexity index is 636. The zero-order chi connectivity index (χ0) is 14.7. The summed E-state index contributed by atoms with van der Waals surface area (Å²) in [6.45, 7) is 3.48. The lowest BCUT2D eigenvalue weighted by molar-refractivity contribution is 0.576. The molecule has 6 nitrogen and oxygen atoms in total. The number of aryl methyl sites for hydroxylation is 1. The summed E-state index contributed by atoms with van der Waals surface area (Å²) in [5, 5.41) is 0. The van der Waals surface area contributed by atoms with E-state index in [0.29, 0.717) is 8.66 Å². The Morgan fingerprint density at radius 1 is 1.26 bits per heavy atom. The second-order valence-electron chi connectivity index (χ2n) is 3.69. The highest BCUT2D eigenvalue weighted by Gasteiger charge is 2.20. The van der Waals surface area contributed by atoms with Gasteiger partial charge in [-0.3, -0.25) is 0 Å². The van der Waals surface area contributed by atoms with E-state index in [0.717, 1.165) is 0 Å². The van der Waals surface area contributed by atoms with Gasteiger partial charge < -0.3 is 0 Å². The van der Waals surface area contributed by atoms with Gasteiger partial charge in [0, 0.05) is 18.0 Å². The van der Waals surface area contributed by atoms with E-state index in [-0.39, 0.29) is 23.7 Å². The van der Waals surface area contributed by atoms with Gasteiger partial charge in [-0.05, 0) is 28.9 Å². The summed E-state index contributed by atoms with van der Waals surface area (Å²) >= 11 is 4.53. The van der Waals surface area contributed by atoms with Crippen molar-refractivity contribution < 1.29 is 16.8 Å². The number of nitrogens with one attached hydrogen (secondary N) is 2. The van der Waals surface area contributed by atoms with E-state index in [1.807, 2.05) is 0 Å². The molecule has 2 N–H and O–H groups in total. The number of halogens is 1.